The van der Waals surface area contributed by atoms with E-state index in [0.717, 1.165) is 24.9 Å². The summed E-state index contributed by atoms with van der Waals surface area (Å²) < 4.78 is 0. The maximum atomic E-state index is 12.2. The molecule has 0 radical (unpaired) electrons. The Morgan fingerprint density at radius 1 is 1.32 bits per heavy atom. The Morgan fingerprint density at radius 2 is 2.05 bits per heavy atom. The first-order chi connectivity index (χ1) is 9.15. The summed E-state index contributed by atoms with van der Waals surface area (Å²) >= 11 is 0. The Balaban J connectivity index is 1.90. The lowest BCUT2D eigenvalue weighted by molar-refractivity contribution is -0.132. The van der Waals surface area contributed by atoms with E-state index in [4.69, 9.17) is 0 Å². The van der Waals surface area contributed by atoms with E-state index in [9.17, 15) is 9.59 Å². The third kappa shape index (κ3) is 4.09. The minimum Gasteiger partial charge on any atom is -0.352 e. The zero-order valence-electron chi connectivity index (χ0n) is 11.3. The van der Waals surface area contributed by atoms with Crippen LogP contribution >= 0.6 is 0 Å². The average Bonchev–Trinajstić information content (AvgIpc) is 2.39. The molecule has 0 aliphatic carbocycles. The average molecular weight is 260 g/mol. The molecule has 1 saturated heterocycles. The molecular formula is C15H20N2O2. The van der Waals surface area contributed by atoms with Gasteiger partial charge >= 0.3 is 0 Å². The van der Waals surface area contributed by atoms with E-state index in [2.05, 4.69) is 5.32 Å². The Morgan fingerprint density at radius 3 is 2.74 bits per heavy atom. The summed E-state index contributed by atoms with van der Waals surface area (Å²) in [6.45, 7) is 2.94. The van der Waals surface area contributed by atoms with Gasteiger partial charge in [-0.1, -0.05) is 30.3 Å². The first-order valence-corrected chi connectivity index (χ1v) is 6.74. The van der Waals surface area contributed by atoms with Crippen molar-refractivity contribution < 1.29 is 9.59 Å². The molecule has 102 valence electrons. The Hall–Kier alpha value is -1.84. The topological polar surface area (TPSA) is 49.4 Å². The van der Waals surface area contributed by atoms with Crippen LogP contribution in [0.1, 0.15) is 25.3 Å². The molecule has 1 aromatic carbocycles. The molecule has 1 unspecified atom stereocenters. The van der Waals surface area contributed by atoms with Gasteiger partial charge in [0, 0.05) is 26.1 Å². The molecule has 2 rings (SSSR count). The van der Waals surface area contributed by atoms with Gasteiger partial charge in [0.25, 0.3) is 0 Å². The first kappa shape index (κ1) is 13.6. The molecule has 1 fully saturated rings. The lowest BCUT2D eigenvalue weighted by Gasteiger charge is -2.33. The third-order valence-corrected chi connectivity index (χ3v) is 3.38. The highest BCUT2D eigenvalue weighted by molar-refractivity contribution is 5.79. The Labute approximate surface area is 113 Å². The number of hydrogen-bond donors (Lipinski definition) is 1. The van der Waals surface area contributed by atoms with Crippen LogP contribution < -0.4 is 5.32 Å². The number of likely N-dealkylation sites (tertiary alicyclic amines) is 1. The number of benzene rings is 1. The highest BCUT2D eigenvalue weighted by Crippen LogP contribution is 2.12. The molecule has 1 aromatic rings. The molecule has 0 aromatic heterocycles. The molecule has 0 bridgehead atoms. The molecule has 1 N–H and O–H groups in total. The normalized spacial score (nSPS) is 19.0. The number of hydrogen-bond acceptors (Lipinski definition) is 2. The maximum Gasteiger partial charge on any atom is 0.227 e. The second-order valence-electron chi connectivity index (χ2n) is 5.04. The van der Waals surface area contributed by atoms with Crippen LogP contribution in [-0.2, 0) is 16.0 Å². The van der Waals surface area contributed by atoms with Gasteiger partial charge in [-0.25, -0.2) is 0 Å². The summed E-state index contributed by atoms with van der Waals surface area (Å²) in [6, 6.07) is 9.87. The van der Waals surface area contributed by atoms with Crippen LogP contribution in [0.3, 0.4) is 0 Å². The number of piperidine rings is 1. The van der Waals surface area contributed by atoms with Gasteiger partial charge in [0.15, 0.2) is 0 Å². The largest absolute Gasteiger partial charge is 0.352 e. The molecule has 0 spiro atoms. The van der Waals surface area contributed by atoms with Gasteiger partial charge in [-0.15, -0.1) is 0 Å². The van der Waals surface area contributed by atoms with E-state index in [1.807, 2.05) is 35.2 Å². The SMILES string of the molecule is CC(=O)NC1CCCN(C(=O)Cc2ccccc2)C1. The Kier molecular flexibility index (Phi) is 4.55. The van der Waals surface area contributed by atoms with E-state index in [0.29, 0.717) is 13.0 Å². The van der Waals surface area contributed by atoms with Crippen molar-refractivity contribution in [2.45, 2.75) is 32.2 Å². The standard InChI is InChI=1S/C15H20N2O2/c1-12(18)16-14-8-5-9-17(11-14)15(19)10-13-6-3-2-4-7-13/h2-4,6-7,14H,5,8-11H2,1H3,(H,16,18). The predicted octanol–water partition coefficient (Wildman–Crippen LogP) is 1.36. The quantitative estimate of drug-likeness (QED) is 0.892. The van der Waals surface area contributed by atoms with Gasteiger partial charge in [0.1, 0.15) is 0 Å². The van der Waals surface area contributed by atoms with Gasteiger partial charge in [-0.2, -0.15) is 0 Å². The number of rotatable bonds is 3. The van der Waals surface area contributed by atoms with Crippen molar-refractivity contribution in [3.8, 4) is 0 Å². The molecule has 1 aliphatic heterocycles. The van der Waals surface area contributed by atoms with Crippen molar-refractivity contribution in [3.05, 3.63) is 35.9 Å². The van der Waals surface area contributed by atoms with Crippen molar-refractivity contribution in [3.63, 3.8) is 0 Å². The van der Waals surface area contributed by atoms with Crippen LogP contribution in [0.4, 0.5) is 0 Å². The van der Waals surface area contributed by atoms with Crippen molar-refractivity contribution in [2.75, 3.05) is 13.1 Å². The lowest BCUT2D eigenvalue weighted by atomic mass is 10.0. The highest BCUT2D eigenvalue weighted by Gasteiger charge is 2.23. The molecule has 1 heterocycles. The summed E-state index contributed by atoms with van der Waals surface area (Å²) in [6.07, 6.45) is 2.34. The van der Waals surface area contributed by atoms with E-state index in [-0.39, 0.29) is 17.9 Å². The van der Waals surface area contributed by atoms with Crippen LogP contribution in [-0.4, -0.2) is 35.8 Å². The molecule has 1 atom stereocenters. The number of nitrogens with zero attached hydrogens (tertiary/aromatic N) is 1. The van der Waals surface area contributed by atoms with Crippen LogP contribution in [0, 0.1) is 0 Å². The summed E-state index contributed by atoms with van der Waals surface area (Å²) in [5.74, 6) is 0.114. The van der Waals surface area contributed by atoms with Crippen LogP contribution in [0.25, 0.3) is 0 Å². The van der Waals surface area contributed by atoms with Crippen LogP contribution in [0.2, 0.25) is 0 Å². The Bertz CT molecular complexity index is 445. The molecule has 0 saturated carbocycles. The summed E-state index contributed by atoms with van der Waals surface area (Å²) in [5.41, 5.74) is 1.04. The second kappa shape index (κ2) is 6.36. The van der Waals surface area contributed by atoms with Crippen molar-refractivity contribution in [1.29, 1.82) is 0 Å². The fourth-order valence-electron chi connectivity index (χ4n) is 2.49. The molecule has 1 aliphatic rings. The van der Waals surface area contributed by atoms with E-state index in [1.165, 1.54) is 6.92 Å². The van der Waals surface area contributed by atoms with Crippen molar-refractivity contribution in [1.82, 2.24) is 10.2 Å². The fourth-order valence-corrected chi connectivity index (χ4v) is 2.49. The maximum absolute atomic E-state index is 12.2. The van der Waals surface area contributed by atoms with E-state index >= 15 is 0 Å². The molecule has 4 nitrogen and oxygen atoms in total. The van der Waals surface area contributed by atoms with Crippen molar-refractivity contribution >= 4 is 11.8 Å². The van der Waals surface area contributed by atoms with Crippen molar-refractivity contribution in [2.24, 2.45) is 0 Å². The van der Waals surface area contributed by atoms with Gasteiger partial charge in [0.05, 0.1) is 6.42 Å². The predicted molar refractivity (Wildman–Crippen MR) is 73.6 cm³/mol. The molecule has 2 amide bonds. The van der Waals surface area contributed by atoms with Gasteiger partial charge in [-0.05, 0) is 18.4 Å². The number of nitrogens with one attached hydrogen (secondary N) is 1. The van der Waals surface area contributed by atoms with Crippen LogP contribution in [0.5, 0.6) is 0 Å². The summed E-state index contributed by atoms with van der Waals surface area (Å²) in [5, 5.41) is 2.90. The zero-order valence-corrected chi connectivity index (χ0v) is 11.3. The molecular weight excluding hydrogens is 240 g/mol. The van der Waals surface area contributed by atoms with E-state index in [1.54, 1.807) is 0 Å². The molecule has 4 heteroatoms. The fraction of sp³-hybridized carbons (Fsp3) is 0.467. The highest BCUT2D eigenvalue weighted by atomic mass is 16.2. The zero-order chi connectivity index (χ0) is 13.7. The minimum absolute atomic E-state index is 0.0256. The van der Waals surface area contributed by atoms with Gasteiger partial charge in [0.2, 0.25) is 11.8 Å². The second-order valence-corrected chi connectivity index (χ2v) is 5.04. The number of carbonyl (C=O) groups is 2. The monoisotopic (exact) mass is 260 g/mol. The number of carbonyl (C=O) groups excluding carboxylic acids is 2. The molecule has 19 heavy (non-hydrogen) atoms. The van der Waals surface area contributed by atoms with Gasteiger partial charge < -0.3 is 10.2 Å². The summed E-state index contributed by atoms with van der Waals surface area (Å²) in [7, 11) is 0. The smallest absolute Gasteiger partial charge is 0.227 e. The van der Waals surface area contributed by atoms with Gasteiger partial charge in [-0.3, -0.25) is 9.59 Å². The number of amides is 2. The third-order valence-electron chi connectivity index (χ3n) is 3.38. The first-order valence-electron chi connectivity index (χ1n) is 6.74. The van der Waals surface area contributed by atoms with E-state index < -0.39 is 0 Å². The lowest BCUT2D eigenvalue weighted by Crippen LogP contribution is -2.49. The minimum atomic E-state index is -0.0256. The van der Waals surface area contributed by atoms with Crippen LogP contribution in [0.15, 0.2) is 30.3 Å². The summed E-state index contributed by atoms with van der Waals surface area (Å²) in [4.78, 5) is 25.1.